The average molecular weight is 288 g/mol. The zero-order valence-electron chi connectivity index (χ0n) is 12.1. The standard InChI is InChI=1S/C13H24N2O3S/c1-12(2,3)9(10(16)17)15-11(18)14-8-13(4)6-5-7-19-13/h9H,5-8H2,1-4H3,(H,16,17)(H2,14,15,18). The lowest BCUT2D eigenvalue weighted by Crippen LogP contribution is -2.53. The number of thioether (sulfide) groups is 1. The maximum Gasteiger partial charge on any atom is 0.326 e. The van der Waals surface area contributed by atoms with Crippen LogP contribution in [-0.2, 0) is 4.79 Å². The van der Waals surface area contributed by atoms with E-state index in [2.05, 4.69) is 17.6 Å². The van der Waals surface area contributed by atoms with E-state index in [1.54, 1.807) is 20.8 Å². The topological polar surface area (TPSA) is 78.4 Å². The Morgan fingerprint density at radius 1 is 1.42 bits per heavy atom. The Hall–Kier alpha value is -0.910. The molecule has 0 spiro atoms. The van der Waals surface area contributed by atoms with Gasteiger partial charge in [-0.1, -0.05) is 20.8 Å². The summed E-state index contributed by atoms with van der Waals surface area (Å²) in [6.45, 7) is 8.07. The molecular formula is C13H24N2O3S. The maximum atomic E-state index is 11.8. The molecule has 1 fully saturated rings. The number of carboxylic acid groups (broad SMARTS) is 1. The van der Waals surface area contributed by atoms with E-state index in [1.807, 2.05) is 11.8 Å². The second kappa shape index (κ2) is 6.03. The van der Waals surface area contributed by atoms with Gasteiger partial charge in [0.1, 0.15) is 6.04 Å². The third kappa shape index (κ3) is 4.93. The second-order valence-electron chi connectivity index (χ2n) is 6.37. The molecule has 1 aliphatic rings. The molecule has 1 saturated heterocycles. The minimum atomic E-state index is -1.01. The zero-order valence-corrected chi connectivity index (χ0v) is 12.9. The van der Waals surface area contributed by atoms with Crippen LogP contribution in [0.3, 0.4) is 0 Å². The zero-order chi connectivity index (χ0) is 14.7. The van der Waals surface area contributed by atoms with Gasteiger partial charge in [-0.05, 0) is 30.9 Å². The first kappa shape index (κ1) is 16.1. The van der Waals surface area contributed by atoms with Crippen LogP contribution in [0.15, 0.2) is 0 Å². The van der Waals surface area contributed by atoms with Crippen molar-refractivity contribution in [2.24, 2.45) is 5.41 Å². The number of amides is 2. The van der Waals surface area contributed by atoms with Gasteiger partial charge in [0.05, 0.1) is 0 Å². The van der Waals surface area contributed by atoms with E-state index < -0.39 is 23.5 Å². The van der Waals surface area contributed by atoms with Crippen molar-refractivity contribution in [1.82, 2.24) is 10.6 Å². The molecule has 0 aromatic heterocycles. The number of urea groups is 1. The summed E-state index contributed by atoms with van der Waals surface area (Å²) in [6, 6.07) is -1.30. The van der Waals surface area contributed by atoms with E-state index in [4.69, 9.17) is 5.11 Å². The summed E-state index contributed by atoms with van der Waals surface area (Å²) in [5.74, 6) is 0.114. The summed E-state index contributed by atoms with van der Waals surface area (Å²) in [4.78, 5) is 23.0. The summed E-state index contributed by atoms with van der Waals surface area (Å²) < 4.78 is 0.0811. The van der Waals surface area contributed by atoms with Gasteiger partial charge in [0.15, 0.2) is 0 Å². The largest absolute Gasteiger partial charge is 0.480 e. The van der Waals surface area contributed by atoms with Crippen molar-refractivity contribution in [3.8, 4) is 0 Å². The highest BCUT2D eigenvalue weighted by Crippen LogP contribution is 2.36. The van der Waals surface area contributed by atoms with Crippen LogP contribution in [-0.4, -0.2) is 40.2 Å². The predicted molar refractivity (Wildman–Crippen MR) is 77.5 cm³/mol. The molecule has 0 aromatic rings. The van der Waals surface area contributed by atoms with Gasteiger partial charge in [0.2, 0.25) is 0 Å². The molecule has 0 aliphatic carbocycles. The van der Waals surface area contributed by atoms with E-state index in [0.717, 1.165) is 12.2 Å². The first-order valence-electron chi connectivity index (χ1n) is 6.55. The van der Waals surface area contributed by atoms with Crippen molar-refractivity contribution in [1.29, 1.82) is 0 Å². The fourth-order valence-corrected chi connectivity index (χ4v) is 3.32. The molecule has 0 bridgehead atoms. The third-order valence-corrected chi connectivity index (χ3v) is 4.85. The highest BCUT2D eigenvalue weighted by molar-refractivity contribution is 8.00. The van der Waals surface area contributed by atoms with Gasteiger partial charge in [0.25, 0.3) is 0 Å². The number of carbonyl (C=O) groups is 2. The summed E-state index contributed by atoms with van der Waals surface area (Å²) in [6.07, 6.45) is 2.25. The molecule has 6 heteroatoms. The maximum absolute atomic E-state index is 11.8. The van der Waals surface area contributed by atoms with Gasteiger partial charge >= 0.3 is 12.0 Å². The van der Waals surface area contributed by atoms with Gasteiger partial charge in [-0.3, -0.25) is 0 Å². The molecule has 1 heterocycles. The van der Waals surface area contributed by atoms with E-state index in [-0.39, 0.29) is 4.75 Å². The van der Waals surface area contributed by atoms with Gasteiger partial charge < -0.3 is 15.7 Å². The molecule has 2 atom stereocenters. The lowest BCUT2D eigenvalue weighted by Gasteiger charge is -2.29. The van der Waals surface area contributed by atoms with Gasteiger partial charge in [-0.2, -0.15) is 11.8 Å². The fraction of sp³-hybridized carbons (Fsp3) is 0.846. The Labute approximate surface area is 118 Å². The number of aliphatic carboxylic acids is 1. The summed E-state index contributed by atoms with van der Waals surface area (Å²) in [5.41, 5.74) is -0.519. The van der Waals surface area contributed by atoms with Crippen molar-refractivity contribution in [2.45, 2.75) is 51.3 Å². The molecule has 2 unspecified atom stereocenters. The Balaban J connectivity index is 2.47. The monoisotopic (exact) mass is 288 g/mol. The number of rotatable bonds is 4. The number of hydrogen-bond acceptors (Lipinski definition) is 3. The third-order valence-electron chi connectivity index (χ3n) is 3.31. The molecule has 2 amide bonds. The number of hydrogen-bond donors (Lipinski definition) is 3. The van der Waals surface area contributed by atoms with Crippen LogP contribution in [0, 0.1) is 5.41 Å². The van der Waals surface area contributed by atoms with Crippen molar-refractivity contribution in [3.05, 3.63) is 0 Å². The molecule has 1 rings (SSSR count). The first-order chi connectivity index (χ1) is 8.64. The fourth-order valence-electron chi connectivity index (χ4n) is 2.07. The SMILES string of the molecule is CC1(CNC(=O)NC(C(=O)O)C(C)(C)C)CCCS1. The molecule has 0 aromatic carbocycles. The molecule has 1 aliphatic heterocycles. The molecule has 0 radical (unpaired) electrons. The van der Waals surface area contributed by atoms with E-state index in [1.165, 1.54) is 6.42 Å². The molecule has 5 nitrogen and oxygen atoms in total. The van der Waals surface area contributed by atoms with Crippen LogP contribution in [0.25, 0.3) is 0 Å². The van der Waals surface area contributed by atoms with Crippen LogP contribution >= 0.6 is 11.8 Å². The summed E-state index contributed by atoms with van der Waals surface area (Å²) >= 11 is 1.86. The smallest absolute Gasteiger partial charge is 0.326 e. The minimum Gasteiger partial charge on any atom is -0.480 e. The lowest BCUT2D eigenvalue weighted by atomic mass is 9.87. The van der Waals surface area contributed by atoms with E-state index in [0.29, 0.717) is 6.54 Å². The summed E-state index contributed by atoms with van der Waals surface area (Å²) in [5, 5.41) is 14.5. The number of nitrogens with one attached hydrogen (secondary N) is 2. The Morgan fingerprint density at radius 2 is 2.05 bits per heavy atom. The quantitative estimate of drug-likeness (QED) is 0.740. The van der Waals surface area contributed by atoms with Crippen molar-refractivity contribution >= 4 is 23.8 Å². The summed E-state index contributed by atoms with van der Waals surface area (Å²) in [7, 11) is 0. The minimum absolute atomic E-state index is 0.0811. The number of carboxylic acids is 1. The Kier molecular flexibility index (Phi) is 5.12. The first-order valence-corrected chi connectivity index (χ1v) is 7.54. The molecule has 0 saturated carbocycles. The molecule has 110 valence electrons. The van der Waals surface area contributed by atoms with Crippen LogP contribution < -0.4 is 10.6 Å². The van der Waals surface area contributed by atoms with E-state index in [9.17, 15) is 9.59 Å². The molecule has 19 heavy (non-hydrogen) atoms. The van der Waals surface area contributed by atoms with Crippen LogP contribution in [0.1, 0.15) is 40.5 Å². The second-order valence-corrected chi connectivity index (χ2v) is 8.05. The highest BCUT2D eigenvalue weighted by Gasteiger charge is 2.34. The van der Waals surface area contributed by atoms with Crippen LogP contribution in [0.5, 0.6) is 0 Å². The van der Waals surface area contributed by atoms with Gasteiger partial charge in [-0.15, -0.1) is 0 Å². The Bertz CT molecular complexity index is 346. The normalized spacial score (nSPS) is 24.8. The van der Waals surface area contributed by atoms with Gasteiger partial charge in [-0.25, -0.2) is 9.59 Å². The molecule has 3 N–H and O–H groups in total. The average Bonchev–Trinajstić information content (AvgIpc) is 2.69. The van der Waals surface area contributed by atoms with Gasteiger partial charge in [0, 0.05) is 11.3 Å². The van der Waals surface area contributed by atoms with E-state index >= 15 is 0 Å². The number of carbonyl (C=O) groups excluding carboxylic acids is 1. The van der Waals surface area contributed by atoms with Crippen molar-refractivity contribution < 1.29 is 14.7 Å². The van der Waals surface area contributed by atoms with Crippen molar-refractivity contribution in [3.63, 3.8) is 0 Å². The predicted octanol–water partition coefficient (Wildman–Crippen LogP) is 2.07. The van der Waals surface area contributed by atoms with Crippen LogP contribution in [0.2, 0.25) is 0 Å². The lowest BCUT2D eigenvalue weighted by molar-refractivity contribution is -0.141. The highest BCUT2D eigenvalue weighted by atomic mass is 32.2. The van der Waals surface area contributed by atoms with Crippen LogP contribution in [0.4, 0.5) is 4.79 Å². The van der Waals surface area contributed by atoms with Crippen molar-refractivity contribution in [2.75, 3.05) is 12.3 Å². The molecular weight excluding hydrogens is 264 g/mol. The Morgan fingerprint density at radius 3 is 2.47 bits per heavy atom.